The number of likely N-dealkylation sites (tertiary alicyclic amines) is 1. The highest BCUT2D eigenvalue weighted by Crippen LogP contribution is 2.43. The van der Waals surface area contributed by atoms with Gasteiger partial charge in [-0.2, -0.15) is 0 Å². The third-order valence-electron chi connectivity index (χ3n) is 5.87. The first-order valence-electron chi connectivity index (χ1n) is 9.76. The minimum Gasteiger partial charge on any atom is -0.444 e. The average Bonchev–Trinajstić information content (AvgIpc) is 3.07. The minimum absolute atomic E-state index is 0.0288. The van der Waals surface area contributed by atoms with Crippen molar-refractivity contribution >= 4 is 22.9 Å². The molecule has 2 aromatic rings. The summed E-state index contributed by atoms with van der Waals surface area (Å²) in [7, 11) is 0. The van der Waals surface area contributed by atoms with E-state index in [1.807, 2.05) is 37.9 Å². The van der Waals surface area contributed by atoms with Crippen LogP contribution < -0.4 is 4.90 Å². The van der Waals surface area contributed by atoms with Crippen LogP contribution in [0.25, 0.3) is 11.0 Å². The topological polar surface area (TPSA) is 74.3 Å². The molecule has 4 heterocycles. The molecule has 2 saturated heterocycles. The maximum Gasteiger partial charge on any atom is 0.410 e. The van der Waals surface area contributed by atoms with E-state index in [1.54, 1.807) is 6.33 Å². The van der Waals surface area contributed by atoms with Crippen molar-refractivity contribution in [2.75, 3.05) is 31.1 Å². The van der Waals surface area contributed by atoms with E-state index in [-0.39, 0.29) is 11.5 Å². The summed E-state index contributed by atoms with van der Waals surface area (Å²) in [6, 6.07) is 2.03. The van der Waals surface area contributed by atoms with Gasteiger partial charge >= 0.3 is 6.09 Å². The van der Waals surface area contributed by atoms with Gasteiger partial charge in [0.15, 0.2) is 0 Å². The van der Waals surface area contributed by atoms with Gasteiger partial charge in [-0.3, -0.25) is 0 Å². The van der Waals surface area contributed by atoms with Crippen LogP contribution in [0.5, 0.6) is 0 Å². The molecule has 2 aromatic heterocycles. The summed E-state index contributed by atoms with van der Waals surface area (Å²) in [5, 5.41) is 1.05. The molecule has 2 unspecified atom stereocenters. The Hall–Kier alpha value is -2.31. The molecule has 0 bridgehead atoms. The zero-order chi connectivity index (χ0) is 19.2. The molecular weight excluding hydrogens is 342 g/mol. The quantitative estimate of drug-likeness (QED) is 0.831. The van der Waals surface area contributed by atoms with Gasteiger partial charge < -0.3 is 19.5 Å². The lowest BCUT2D eigenvalue weighted by Gasteiger charge is -2.52. The largest absolute Gasteiger partial charge is 0.444 e. The number of nitrogens with one attached hydrogen (secondary N) is 1. The second-order valence-corrected chi connectivity index (χ2v) is 9.19. The zero-order valence-electron chi connectivity index (χ0n) is 16.7. The molecule has 1 amide bonds. The zero-order valence-corrected chi connectivity index (χ0v) is 16.7. The van der Waals surface area contributed by atoms with Crippen LogP contribution in [0.1, 0.15) is 40.5 Å². The summed E-state index contributed by atoms with van der Waals surface area (Å²) in [5.74, 6) is 1.60. The van der Waals surface area contributed by atoms with Crippen molar-refractivity contribution < 1.29 is 9.53 Å². The molecule has 2 aliphatic rings. The Morgan fingerprint density at radius 1 is 1.26 bits per heavy atom. The van der Waals surface area contributed by atoms with Crippen molar-refractivity contribution in [1.29, 1.82) is 0 Å². The van der Waals surface area contributed by atoms with Crippen LogP contribution in [0, 0.1) is 11.3 Å². The van der Waals surface area contributed by atoms with Crippen LogP contribution in [0.2, 0.25) is 0 Å². The Labute approximate surface area is 160 Å². The van der Waals surface area contributed by atoms with Gasteiger partial charge in [0.1, 0.15) is 23.4 Å². The maximum atomic E-state index is 12.6. The standard InChI is InChI=1S/C20H29N5O2/c1-19(2,3)27-18(26)25-10-7-14-6-9-24(11-20(14,4)12-25)17-15-5-8-21-16(15)22-13-23-17/h5,8,13-14H,6-7,9-12H2,1-4H3,(H,21,22,23). The fourth-order valence-corrected chi connectivity index (χ4v) is 4.58. The fraction of sp³-hybridized carbons (Fsp3) is 0.650. The van der Waals surface area contributed by atoms with Gasteiger partial charge in [0, 0.05) is 37.8 Å². The number of ether oxygens (including phenoxy) is 1. The molecule has 2 aliphatic heterocycles. The van der Waals surface area contributed by atoms with Crippen molar-refractivity contribution in [3.05, 3.63) is 18.6 Å². The first-order chi connectivity index (χ1) is 12.8. The number of rotatable bonds is 1. The summed E-state index contributed by atoms with van der Waals surface area (Å²) in [5.41, 5.74) is 0.432. The predicted molar refractivity (Wildman–Crippen MR) is 105 cm³/mol. The molecule has 2 fully saturated rings. The van der Waals surface area contributed by atoms with E-state index in [9.17, 15) is 4.79 Å². The van der Waals surface area contributed by atoms with Gasteiger partial charge in [-0.25, -0.2) is 14.8 Å². The number of hydrogen-bond acceptors (Lipinski definition) is 5. The number of amides is 1. The first kappa shape index (κ1) is 18.1. The van der Waals surface area contributed by atoms with E-state index in [0.29, 0.717) is 5.92 Å². The van der Waals surface area contributed by atoms with E-state index in [2.05, 4.69) is 26.8 Å². The molecule has 2 atom stereocenters. The number of nitrogens with zero attached hydrogens (tertiary/aromatic N) is 4. The Morgan fingerprint density at radius 3 is 2.81 bits per heavy atom. The lowest BCUT2D eigenvalue weighted by atomic mass is 9.68. The lowest BCUT2D eigenvalue weighted by molar-refractivity contribution is -0.0125. The molecule has 27 heavy (non-hydrogen) atoms. The van der Waals surface area contributed by atoms with Crippen molar-refractivity contribution in [1.82, 2.24) is 19.9 Å². The number of hydrogen-bond donors (Lipinski definition) is 1. The van der Waals surface area contributed by atoms with Gasteiger partial charge in [-0.15, -0.1) is 0 Å². The molecule has 7 heteroatoms. The number of anilines is 1. The number of aromatic amines is 1. The Bertz CT molecular complexity index is 842. The smallest absolute Gasteiger partial charge is 0.410 e. The predicted octanol–water partition coefficient (Wildman–Crippen LogP) is 3.43. The number of carbonyl (C=O) groups is 1. The number of piperidine rings is 2. The Balaban J connectivity index is 1.54. The molecule has 0 saturated carbocycles. The van der Waals surface area contributed by atoms with Gasteiger partial charge in [-0.1, -0.05) is 6.92 Å². The van der Waals surface area contributed by atoms with Crippen molar-refractivity contribution in [3.63, 3.8) is 0 Å². The van der Waals surface area contributed by atoms with Gasteiger partial charge in [0.05, 0.1) is 5.39 Å². The van der Waals surface area contributed by atoms with Crippen LogP contribution in [-0.2, 0) is 4.74 Å². The molecule has 0 radical (unpaired) electrons. The number of fused-ring (bicyclic) bond motifs is 2. The van der Waals surface area contributed by atoms with E-state index in [1.165, 1.54) is 0 Å². The highest BCUT2D eigenvalue weighted by atomic mass is 16.6. The fourth-order valence-electron chi connectivity index (χ4n) is 4.58. The lowest BCUT2D eigenvalue weighted by Crippen LogP contribution is -2.58. The van der Waals surface area contributed by atoms with E-state index in [4.69, 9.17) is 4.74 Å². The van der Waals surface area contributed by atoms with Crippen molar-refractivity contribution in [2.45, 2.75) is 46.1 Å². The second kappa shape index (κ2) is 6.39. The summed E-state index contributed by atoms with van der Waals surface area (Å²) >= 11 is 0. The third-order valence-corrected chi connectivity index (χ3v) is 5.87. The Morgan fingerprint density at radius 2 is 2.04 bits per heavy atom. The maximum absolute atomic E-state index is 12.6. The van der Waals surface area contributed by atoms with Crippen LogP contribution in [0.3, 0.4) is 0 Å². The minimum atomic E-state index is -0.464. The molecule has 1 N–H and O–H groups in total. The molecule has 0 aromatic carbocycles. The Kier molecular flexibility index (Phi) is 4.28. The molecule has 7 nitrogen and oxygen atoms in total. The second-order valence-electron chi connectivity index (χ2n) is 9.19. The SMILES string of the molecule is CC(C)(C)OC(=O)N1CCC2CCN(c3ncnc4[nH]ccc34)CC2(C)C1. The third kappa shape index (κ3) is 3.47. The van der Waals surface area contributed by atoms with Crippen molar-refractivity contribution in [3.8, 4) is 0 Å². The number of H-pyrrole nitrogens is 1. The van der Waals surface area contributed by atoms with Gasteiger partial charge in [0.25, 0.3) is 0 Å². The summed E-state index contributed by atoms with van der Waals surface area (Å²) in [4.78, 5) is 28.9. The molecule has 4 rings (SSSR count). The summed E-state index contributed by atoms with van der Waals surface area (Å²) < 4.78 is 5.61. The normalized spacial score (nSPS) is 26.1. The van der Waals surface area contributed by atoms with Gasteiger partial charge in [-0.05, 0) is 45.6 Å². The molecular formula is C20H29N5O2. The molecule has 146 valence electrons. The average molecular weight is 371 g/mol. The van der Waals surface area contributed by atoms with Crippen LogP contribution in [-0.4, -0.2) is 57.7 Å². The summed E-state index contributed by atoms with van der Waals surface area (Å²) in [6.07, 6.45) is 5.48. The monoisotopic (exact) mass is 371 g/mol. The van der Waals surface area contributed by atoms with Crippen molar-refractivity contribution in [2.24, 2.45) is 11.3 Å². The number of carbonyl (C=O) groups excluding carboxylic acids is 1. The van der Waals surface area contributed by atoms with Crippen LogP contribution in [0.15, 0.2) is 18.6 Å². The molecule has 0 aliphatic carbocycles. The number of aromatic nitrogens is 3. The van der Waals surface area contributed by atoms with Crippen LogP contribution >= 0.6 is 0 Å². The van der Waals surface area contributed by atoms with Crippen LogP contribution in [0.4, 0.5) is 10.6 Å². The highest BCUT2D eigenvalue weighted by molar-refractivity contribution is 5.87. The highest BCUT2D eigenvalue weighted by Gasteiger charge is 2.45. The van der Waals surface area contributed by atoms with E-state index in [0.717, 1.165) is 55.9 Å². The van der Waals surface area contributed by atoms with E-state index >= 15 is 0 Å². The summed E-state index contributed by atoms with van der Waals surface area (Å²) in [6.45, 7) is 11.4. The van der Waals surface area contributed by atoms with E-state index < -0.39 is 5.60 Å². The first-order valence-corrected chi connectivity index (χ1v) is 9.76. The molecule has 0 spiro atoms. The van der Waals surface area contributed by atoms with Gasteiger partial charge in [0.2, 0.25) is 0 Å².